The maximum atomic E-state index is 11.2. The van der Waals surface area contributed by atoms with E-state index in [1.165, 1.54) is 4.90 Å². The van der Waals surface area contributed by atoms with E-state index in [0.717, 1.165) is 11.3 Å². The molecule has 0 heterocycles. The number of aryl methyl sites for hydroxylation is 1. The Morgan fingerprint density at radius 3 is 2.25 bits per heavy atom. The molecule has 5 heteroatoms. The molecule has 0 unspecified atom stereocenters. The van der Waals surface area contributed by atoms with Gasteiger partial charge in [0.2, 0.25) is 0 Å². The highest BCUT2D eigenvalue weighted by Gasteiger charge is 2.15. The molecule has 0 atom stereocenters. The second kappa shape index (κ2) is 5.21. The van der Waals surface area contributed by atoms with Crippen molar-refractivity contribution in [2.24, 2.45) is 0 Å². The first-order valence-corrected chi connectivity index (χ1v) is 5.46. The Kier molecular flexibility index (Phi) is 4.18. The molecule has 0 fully saturated rings. The maximum Gasteiger partial charge on any atom is 0.293 e. The van der Waals surface area contributed by atoms with Crippen molar-refractivity contribution in [1.29, 1.82) is 0 Å². The Labute approximate surface area is 103 Å². The van der Waals surface area contributed by atoms with Gasteiger partial charge in [0.05, 0.1) is 19.9 Å². The van der Waals surface area contributed by atoms with Crippen molar-refractivity contribution in [2.75, 3.05) is 26.2 Å². The smallest absolute Gasteiger partial charge is 0.293 e. The maximum absolute atomic E-state index is 11.2. The summed E-state index contributed by atoms with van der Waals surface area (Å²) in [6.07, 6.45) is 0. The van der Waals surface area contributed by atoms with Crippen LogP contribution >= 0.6 is 15.9 Å². The fraction of sp³-hybridized carbons (Fsp3) is 0.364. The van der Waals surface area contributed by atoms with E-state index in [9.17, 15) is 4.79 Å². The van der Waals surface area contributed by atoms with Gasteiger partial charge in [-0.15, -0.1) is 0 Å². The molecular formula is C11H14BrNO3. The molecule has 88 valence electrons. The first kappa shape index (κ1) is 12.8. The van der Waals surface area contributed by atoms with Gasteiger partial charge < -0.3 is 14.4 Å². The van der Waals surface area contributed by atoms with Gasteiger partial charge in [-0.2, -0.15) is 0 Å². The molecule has 1 aromatic carbocycles. The number of hydrogen-bond acceptors (Lipinski definition) is 3. The zero-order valence-electron chi connectivity index (χ0n) is 9.70. The van der Waals surface area contributed by atoms with Crippen molar-refractivity contribution in [1.82, 2.24) is 0 Å². The van der Waals surface area contributed by atoms with Crippen LogP contribution in [-0.2, 0) is 0 Å². The van der Waals surface area contributed by atoms with E-state index in [0.29, 0.717) is 11.4 Å². The van der Waals surface area contributed by atoms with Gasteiger partial charge in [-0.1, -0.05) is 0 Å². The zero-order valence-corrected chi connectivity index (χ0v) is 11.3. The van der Waals surface area contributed by atoms with Crippen LogP contribution in [-0.4, -0.2) is 26.1 Å². The average molecular weight is 288 g/mol. The highest BCUT2D eigenvalue weighted by Crippen LogP contribution is 2.35. The molecular weight excluding hydrogens is 274 g/mol. The standard InChI is InChI=1S/C11H14BrNO3/c1-7-5-10(16-4)8(6-9(7)15-3)13(2)11(12)14/h5-6H,1-4H3. The molecule has 1 amide bonds. The summed E-state index contributed by atoms with van der Waals surface area (Å²) in [7, 11) is 4.82. The van der Waals surface area contributed by atoms with E-state index in [4.69, 9.17) is 9.47 Å². The van der Waals surface area contributed by atoms with Crippen LogP contribution in [0.15, 0.2) is 12.1 Å². The molecule has 0 saturated carbocycles. The second-order valence-corrected chi connectivity index (χ2v) is 3.98. The predicted molar refractivity (Wildman–Crippen MR) is 67.0 cm³/mol. The molecule has 0 aliphatic heterocycles. The Morgan fingerprint density at radius 1 is 1.25 bits per heavy atom. The molecule has 1 rings (SSSR count). The number of carbonyl (C=O) groups excluding carboxylic acids is 1. The normalized spacial score (nSPS) is 9.81. The molecule has 1 aromatic rings. The lowest BCUT2D eigenvalue weighted by Crippen LogP contribution is -2.20. The molecule has 4 nitrogen and oxygen atoms in total. The van der Waals surface area contributed by atoms with Crippen molar-refractivity contribution in [2.45, 2.75) is 6.92 Å². The second-order valence-electron chi connectivity index (χ2n) is 3.31. The third-order valence-corrected chi connectivity index (χ3v) is 2.85. The van der Waals surface area contributed by atoms with E-state index >= 15 is 0 Å². The van der Waals surface area contributed by atoms with E-state index < -0.39 is 0 Å². The van der Waals surface area contributed by atoms with Crippen molar-refractivity contribution in [3.63, 3.8) is 0 Å². The molecule has 0 aromatic heterocycles. The van der Waals surface area contributed by atoms with Crippen LogP contribution in [0.5, 0.6) is 11.5 Å². The third-order valence-electron chi connectivity index (χ3n) is 2.32. The number of anilines is 1. The van der Waals surface area contributed by atoms with Gasteiger partial charge in [-0.3, -0.25) is 4.79 Å². The number of nitrogens with zero attached hydrogens (tertiary/aromatic N) is 1. The largest absolute Gasteiger partial charge is 0.496 e. The monoisotopic (exact) mass is 287 g/mol. The predicted octanol–water partition coefficient (Wildman–Crippen LogP) is 2.96. The molecule has 0 spiro atoms. The van der Waals surface area contributed by atoms with Gasteiger partial charge in [-0.25, -0.2) is 0 Å². The number of hydrogen-bond donors (Lipinski definition) is 0. The van der Waals surface area contributed by atoms with Crippen molar-refractivity contribution in [3.8, 4) is 11.5 Å². The fourth-order valence-corrected chi connectivity index (χ4v) is 1.58. The minimum atomic E-state index is -0.239. The first-order chi connectivity index (χ1) is 7.51. The van der Waals surface area contributed by atoms with Gasteiger partial charge in [0, 0.05) is 29.0 Å². The Morgan fingerprint density at radius 2 is 1.81 bits per heavy atom. The number of methoxy groups -OCH3 is 2. The molecule has 0 aliphatic rings. The summed E-state index contributed by atoms with van der Waals surface area (Å²) in [4.78, 5) is 12.4. The molecule has 0 N–H and O–H groups in total. The molecule has 16 heavy (non-hydrogen) atoms. The highest BCUT2D eigenvalue weighted by atomic mass is 79.9. The number of halogens is 1. The topological polar surface area (TPSA) is 38.8 Å². The molecule has 0 saturated heterocycles. The van der Waals surface area contributed by atoms with Gasteiger partial charge >= 0.3 is 0 Å². The van der Waals surface area contributed by atoms with Crippen LogP contribution < -0.4 is 14.4 Å². The number of carbonyl (C=O) groups is 1. The quantitative estimate of drug-likeness (QED) is 0.634. The number of benzene rings is 1. The Bertz CT molecular complexity index is 406. The summed E-state index contributed by atoms with van der Waals surface area (Å²) in [6, 6.07) is 3.61. The number of amides is 1. The summed E-state index contributed by atoms with van der Waals surface area (Å²) < 4.78 is 10.4. The van der Waals surface area contributed by atoms with E-state index in [-0.39, 0.29) is 4.82 Å². The lowest BCUT2D eigenvalue weighted by atomic mass is 10.1. The summed E-state index contributed by atoms with van der Waals surface area (Å²) >= 11 is 2.90. The van der Waals surface area contributed by atoms with Crippen molar-refractivity contribution in [3.05, 3.63) is 17.7 Å². The van der Waals surface area contributed by atoms with Crippen LogP contribution in [0.25, 0.3) is 0 Å². The summed E-state index contributed by atoms with van der Waals surface area (Å²) in [5, 5.41) is 0. The molecule has 0 radical (unpaired) electrons. The summed E-state index contributed by atoms with van der Waals surface area (Å²) in [6.45, 7) is 1.92. The van der Waals surface area contributed by atoms with E-state index in [1.54, 1.807) is 27.3 Å². The number of rotatable bonds is 3. The highest BCUT2D eigenvalue weighted by molar-refractivity contribution is 9.18. The lowest BCUT2D eigenvalue weighted by molar-refractivity contribution is 0.266. The summed E-state index contributed by atoms with van der Waals surface area (Å²) in [5.41, 5.74) is 1.62. The minimum Gasteiger partial charge on any atom is -0.496 e. The van der Waals surface area contributed by atoms with Gasteiger partial charge in [-0.05, 0) is 18.6 Å². The van der Waals surface area contributed by atoms with Gasteiger partial charge in [0.25, 0.3) is 4.82 Å². The lowest BCUT2D eigenvalue weighted by Gasteiger charge is -2.19. The van der Waals surface area contributed by atoms with E-state index in [1.807, 2.05) is 13.0 Å². The van der Waals surface area contributed by atoms with Gasteiger partial charge in [0.15, 0.2) is 0 Å². The van der Waals surface area contributed by atoms with Crippen LogP contribution in [0.2, 0.25) is 0 Å². The first-order valence-electron chi connectivity index (χ1n) is 4.67. The van der Waals surface area contributed by atoms with Crippen LogP contribution in [0.4, 0.5) is 10.5 Å². The SMILES string of the molecule is COc1cc(N(C)C(=O)Br)c(OC)cc1C. The van der Waals surface area contributed by atoms with Crippen LogP contribution in [0.1, 0.15) is 5.56 Å². The fourth-order valence-electron chi connectivity index (χ4n) is 1.39. The van der Waals surface area contributed by atoms with Crippen molar-refractivity contribution >= 4 is 26.4 Å². The van der Waals surface area contributed by atoms with Crippen LogP contribution in [0.3, 0.4) is 0 Å². The Hall–Kier alpha value is -1.23. The van der Waals surface area contributed by atoms with Crippen LogP contribution in [0, 0.1) is 6.92 Å². The van der Waals surface area contributed by atoms with Crippen molar-refractivity contribution < 1.29 is 14.3 Å². The third kappa shape index (κ3) is 2.47. The molecule has 0 bridgehead atoms. The summed E-state index contributed by atoms with van der Waals surface area (Å²) in [5.74, 6) is 1.35. The van der Waals surface area contributed by atoms with Gasteiger partial charge in [0.1, 0.15) is 11.5 Å². The zero-order chi connectivity index (χ0) is 12.3. The number of ether oxygens (including phenoxy) is 2. The molecule has 0 aliphatic carbocycles. The van der Waals surface area contributed by atoms with E-state index in [2.05, 4.69) is 15.9 Å². The minimum absolute atomic E-state index is 0.239. The Balaban J connectivity index is 3.29. The average Bonchev–Trinajstić information content (AvgIpc) is 2.27.